The van der Waals surface area contributed by atoms with Crippen LogP contribution in [0, 0.1) is 0 Å². The lowest BCUT2D eigenvalue weighted by Crippen LogP contribution is -1.98. The lowest BCUT2D eigenvalue weighted by atomic mass is 10.1. The molecule has 0 heterocycles. The van der Waals surface area contributed by atoms with Gasteiger partial charge in [-0.25, -0.2) is 0 Å². The Kier molecular flexibility index (Phi) is 8.34. The molecular formula is C26H28N2O6. The van der Waals surface area contributed by atoms with Gasteiger partial charge in [0.25, 0.3) is 0 Å². The van der Waals surface area contributed by atoms with E-state index < -0.39 is 0 Å². The molecule has 0 aromatic heterocycles. The molecule has 0 spiro atoms. The number of rotatable bonds is 10. The Bertz CT molecular complexity index is 1080. The van der Waals surface area contributed by atoms with Crippen LogP contribution in [0.2, 0.25) is 0 Å². The van der Waals surface area contributed by atoms with Gasteiger partial charge in [0.1, 0.15) is 0 Å². The largest absolute Gasteiger partial charge is 0.493 e. The topological polar surface area (TPSA) is 80.1 Å². The monoisotopic (exact) mass is 464 g/mol. The first kappa shape index (κ1) is 24.4. The van der Waals surface area contributed by atoms with E-state index >= 15 is 0 Å². The van der Waals surface area contributed by atoms with Crippen molar-refractivity contribution in [3.63, 3.8) is 0 Å². The number of benzene rings is 3. The molecule has 3 rings (SSSR count). The Balaban J connectivity index is 1.81. The zero-order chi connectivity index (χ0) is 24.5. The van der Waals surface area contributed by atoms with Crippen LogP contribution in [0.25, 0.3) is 0 Å². The molecule has 0 N–H and O–H groups in total. The second kappa shape index (κ2) is 11.6. The van der Waals surface area contributed by atoms with Crippen molar-refractivity contribution >= 4 is 23.8 Å². The molecule has 0 saturated carbocycles. The van der Waals surface area contributed by atoms with Crippen LogP contribution in [-0.4, -0.2) is 55.1 Å². The average molecular weight is 465 g/mol. The van der Waals surface area contributed by atoms with Crippen molar-refractivity contribution in [2.75, 3.05) is 42.7 Å². The lowest BCUT2D eigenvalue weighted by Gasteiger charge is -2.13. The molecule has 8 heteroatoms. The Hall–Kier alpha value is -4.20. The van der Waals surface area contributed by atoms with E-state index in [-0.39, 0.29) is 0 Å². The summed E-state index contributed by atoms with van der Waals surface area (Å²) in [7, 11) is 9.45. The van der Waals surface area contributed by atoms with Gasteiger partial charge in [-0.1, -0.05) is 0 Å². The van der Waals surface area contributed by atoms with E-state index in [0.717, 1.165) is 22.5 Å². The number of ether oxygens (including phenoxy) is 6. The molecule has 0 amide bonds. The molecule has 3 aromatic carbocycles. The van der Waals surface area contributed by atoms with E-state index in [1.807, 2.05) is 48.5 Å². The Labute approximate surface area is 199 Å². The standard InChI is InChI=1S/C26H28N2O6/c1-29-21-13-7-17(23(31-3)25(21)33-5)15-27-19-9-11-20(12-10-19)28-16-18-8-14-22(30-2)26(34-6)24(18)32-4/h7-16H,1-6H3. The highest BCUT2D eigenvalue weighted by atomic mass is 16.5. The predicted octanol–water partition coefficient (Wildman–Crippen LogP) is 5.24. The molecule has 0 unspecified atom stereocenters. The summed E-state index contributed by atoms with van der Waals surface area (Å²) >= 11 is 0. The smallest absolute Gasteiger partial charge is 0.203 e. The third-order valence-electron chi connectivity index (χ3n) is 5.02. The molecule has 0 radical (unpaired) electrons. The van der Waals surface area contributed by atoms with Gasteiger partial charge in [0.2, 0.25) is 11.5 Å². The average Bonchev–Trinajstić information content (AvgIpc) is 2.89. The van der Waals surface area contributed by atoms with Crippen LogP contribution in [0.15, 0.2) is 58.5 Å². The van der Waals surface area contributed by atoms with Crippen molar-refractivity contribution in [2.24, 2.45) is 9.98 Å². The normalized spacial score (nSPS) is 11.0. The first-order valence-electron chi connectivity index (χ1n) is 10.4. The first-order chi connectivity index (χ1) is 16.6. The molecule has 0 aliphatic carbocycles. The van der Waals surface area contributed by atoms with Gasteiger partial charge >= 0.3 is 0 Å². The maximum Gasteiger partial charge on any atom is 0.203 e. The van der Waals surface area contributed by atoms with Crippen LogP contribution in [-0.2, 0) is 0 Å². The zero-order valence-electron chi connectivity index (χ0n) is 20.1. The van der Waals surface area contributed by atoms with Crippen molar-refractivity contribution in [1.82, 2.24) is 0 Å². The molecule has 8 nitrogen and oxygen atoms in total. The molecule has 0 bridgehead atoms. The highest BCUT2D eigenvalue weighted by Gasteiger charge is 2.15. The van der Waals surface area contributed by atoms with Crippen LogP contribution < -0.4 is 28.4 Å². The van der Waals surface area contributed by atoms with Gasteiger partial charge in [-0.3, -0.25) is 9.98 Å². The van der Waals surface area contributed by atoms with Gasteiger partial charge in [0, 0.05) is 23.6 Å². The van der Waals surface area contributed by atoms with Crippen LogP contribution >= 0.6 is 0 Å². The van der Waals surface area contributed by atoms with Crippen molar-refractivity contribution in [3.8, 4) is 34.5 Å². The van der Waals surface area contributed by atoms with Crippen LogP contribution in [0.5, 0.6) is 34.5 Å². The lowest BCUT2D eigenvalue weighted by molar-refractivity contribution is 0.324. The zero-order valence-corrected chi connectivity index (χ0v) is 20.1. The summed E-state index contributed by atoms with van der Waals surface area (Å²) in [5.41, 5.74) is 3.06. The van der Waals surface area contributed by atoms with E-state index in [4.69, 9.17) is 28.4 Å². The second-order valence-corrected chi connectivity index (χ2v) is 6.88. The highest BCUT2D eigenvalue weighted by molar-refractivity contribution is 5.89. The van der Waals surface area contributed by atoms with Gasteiger partial charge in [-0.15, -0.1) is 0 Å². The van der Waals surface area contributed by atoms with Crippen LogP contribution in [0.3, 0.4) is 0 Å². The molecule has 0 aliphatic heterocycles. The minimum atomic E-state index is 0.518. The summed E-state index contributed by atoms with van der Waals surface area (Å²) in [6, 6.07) is 14.8. The Morgan fingerprint density at radius 3 is 1.09 bits per heavy atom. The first-order valence-corrected chi connectivity index (χ1v) is 10.4. The number of methoxy groups -OCH3 is 6. The summed E-state index contributed by atoms with van der Waals surface area (Å²) < 4.78 is 32.5. The summed E-state index contributed by atoms with van der Waals surface area (Å²) in [6.07, 6.45) is 3.43. The van der Waals surface area contributed by atoms with Gasteiger partial charge < -0.3 is 28.4 Å². The third-order valence-corrected chi connectivity index (χ3v) is 5.02. The van der Waals surface area contributed by atoms with E-state index in [1.165, 1.54) is 0 Å². The van der Waals surface area contributed by atoms with E-state index in [2.05, 4.69) is 9.98 Å². The highest BCUT2D eigenvalue weighted by Crippen LogP contribution is 2.40. The van der Waals surface area contributed by atoms with E-state index in [9.17, 15) is 0 Å². The van der Waals surface area contributed by atoms with E-state index in [0.29, 0.717) is 34.5 Å². The molecule has 0 atom stereocenters. The Morgan fingerprint density at radius 1 is 0.441 bits per heavy atom. The molecule has 34 heavy (non-hydrogen) atoms. The summed E-state index contributed by atoms with van der Waals surface area (Å²) in [5.74, 6) is 3.31. The number of nitrogens with zero attached hydrogens (tertiary/aromatic N) is 2. The number of hydrogen-bond acceptors (Lipinski definition) is 8. The molecule has 3 aromatic rings. The van der Waals surface area contributed by atoms with Crippen molar-refractivity contribution in [3.05, 3.63) is 59.7 Å². The number of hydrogen-bond donors (Lipinski definition) is 0. The molecular weight excluding hydrogens is 436 g/mol. The second-order valence-electron chi connectivity index (χ2n) is 6.88. The minimum Gasteiger partial charge on any atom is -0.493 e. The fourth-order valence-corrected chi connectivity index (χ4v) is 3.37. The van der Waals surface area contributed by atoms with Gasteiger partial charge in [-0.05, 0) is 48.5 Å². The number of aliphatic imine (C=N–C) groups is 2. The predicted molar refractivity (Wildman–Crippen MR) is 133 cm³/mol. The minimum absolute atomic E-state index is 0.518. The van der Waals surface area contributed by atoms with Gasteiger partial charge in [0.15, 0.2) is 23.0 Å². The summed E-state index contributed by atoms with van der Waals surface area (Å²) in [5, 5.41) is 0. The molecule has 0 aliphatic rings. The maximum atomic E-state index is 5.50. The fourth-order valence-electron chi connectivity index (χ4n) is 3.37. The summed E-state index contributed by atoms with van der Waals surface area (Å²) in [4.78, 5) is 9.08. The molecule has 0 fully saturated rings. The van der Waals surface area contributed by atoms with Crippen molar-refractivity contribution < 1.29 is 28.4 Å². The Morgan fingerprint density at radius 2 is 0.794 bits per heavy atom. The van der Waals surface area contributed by atoms with Crippen molar-refractivity contribution in [1.29, 1.82) is 0 Å². The SMILES string of the molecule is COc1ccc(C=Nc2ccc(N=Cc3ccc(OC)c(OC)c3OC)cc2)c(OC)c1OC. The summed E-state index contributed by atoms with van der Waals surface area (Å²) in [6.45, 7) is 0. The van der Waals surface area contributed by atoms with Crippen molar-refractivity contribution in [2.45, 2.75) is 0 Å². The quantitative estimate of drug-likeness (QED) is 0.382. The van der Waals surface area contributed by atoms with E-state index in [1.54, 1.807) is 55.1 Å². The maximum absolute atomic E-state index is 5.50. The fraction of sp³-hybridized carbons (Fsp3) is 0.231. The van der Waals surface area contributed by atoms with Gasteiger partial charge in [0.05, 0.1) is 54.0 Å². The van der Waals surface area contributed by atoms with Crippen LogP contribution in [0.4, 0.5) is 11.4 Å². The van der Waals surface area contributed by atoms with Crippen LogP contribution in [0.1, 0.15) is 11.1 Å². The third kappa shape index (κ3) is 5.23. The van der Waals surface area contributed by atoms with Gasteiger partial charge in [-0.2, -0.15) is 0 Å². The molecule has 178 valence electrons. The molecule has 0 saturated heterocycles.